The van der Waals surface area contributed by atoms with Gasteiger partial charge in [-0.15, -0.1) is 10.2 Å². The minimum absolute atomic E-state index is 0.124. The minimum Gasteiger partial charge on any atom is -0.486 e. The molecule has 0 saturated heterocycles. The van der Waals surface area contributed by atoms with E-state index in [1.165, 1.54) is 22.0 Å². The lowest BCUT2D eigenvalue weighted by Gasteiger charge is -2.09. The summed E-state index contributed by atoms with van der Waals surface area (Å²) in [6.45, 7) is 4.90. The number of hydrogen-bond acceptors (Lipinski definition) is 6. The fraction of sp³-hybridized carbons (Fsp3) is 0.286. The number of rotatable bonds is 9. The van der Waals surface area contributed by atoms with Crippen molar-refractivity contribution in [3.8, 4) is 5.75 Å². The molecule has 30 heavy (non-hydrogen) atoms. The van der Waals surface area contributed by atoms with Gasteiger partial charge >= 0.3 is 0 Å². The summed E-state index contributed by atoms with van der Waals surface area (Å²) in [6.07, 6.45) is 0. The number of hydrogen-bond donors (Lipinski definition) is 2. The SMILES string of the molecule is CC(C)c1ccc(OCc2nnc(SCC(=O)NCc3ccc(Cl)cc3)n2N)cc1. The molecule has 0 fully saturated rings. The highest BCUT2D eigenvalue weighted by molar-refractivity contribution is 7.99. The predicted octanol–water partition coefficient (Wildman–Crippen LogP) is 3.76. The number of nitrogens with zero attached hydrogens (tertiary/aromatic N) is 3. The van der Waals surface area contributed by atoms with E-state index < -0.39 is 0 Å². The molecule has 1 heterocycles. The van der Waals surface area contributed by atoms with Crippen molar-refractivity contribution in [3.05, 3.63) is 70.5 Å². The number of nitrogens with two attached hydrogens (primary N) is 1. The van der Waals surface area contributed by atoms with Crippen molar-refractivity contribution in [3.63, 3.8) is 0 Å². The van der Waals surface area contributed by atoms with Crippen molar-refractivity contribution >= 4 is 29.3 Å². The Hall–Kier alpha value is -2.71. The third kappa shape index (κ3) is 6.14. The van der Waals surface area contributed by atoms with E-state index in [4.69, 9.17) is 22.2 Å². The van der Waals surface area contributed by atoms with Crippen LogP contribution in [0, 0.1) is 0 Å². The highest BCUT2D eigenvalue weighted by Crippen LogP contribution is 2.20. The van der Waals surface area contributed by atoms with Crippen LogP contribution in [0.5, 0.6) is 5.75 Å². The molecule has 3 rings (SSSR count). The van der Waals surface area contributed by atoms with Crippen LogP contribution in [0.2, 0.25) is 5.02 Å². The normalized spacial score (nSPS) is 10.9. The number of thioether (sulfide) groups is 1. The summed E-state index contributed by atoms with van der Waals surface area (Å²) in [5.74, 6) is 7.78. The van der Waals surface area contributed by atoms with Crippen LogP contribution in [0.1, 0.15) is 36.7 Å². The number of amides is 1. The van der Waals surface area contributed by atoms with E-state index in [1.54, 1.807) is 12.1 Å². The van der Waals surface area contributed by atoms with E-state index in [1.807, 2.05) is 36.4 Å². The van der Waals surface area contributed by atoms with E-state index >= 15 is 0 Å². The van der Waals surface area contributed by atoms with Crippen LogP contribution in [-0.4, -0.2) is 26.5 Å². The fourth-order valence-corrected chi connectivity index (χ4v) is 3.42. The fourth-order valence-electron chi connectivity index (χ4n) is 2.58. The Kier molecular flexibility index (Phi) is 7.59. The molecule has 0 bridgehead atoms. The molecule has 1 amide bonds. The topological polar surface area (TPSA) is 95.1 Å². The first kappa shape index (κ1) is 22.0. The van der Waals surface area contributed by atoms with Gasteiger partial charge in [-0.1, -0.05) is 61.5 Å². The molecule has 9 heteroatoms. The molecule has 3 aromatic rings. The minimum atomic E-state index is -0.124. The monoisotopic (exact) mass is 445 g/mol. The zero-order chi connectivity index (χ0) is 21.5. The van der Waals surface area contributed by atoms with Crippen molar-refractivity contribution < 1.29 is 9.53 Å². The average molecular weight is 446 g/mol. The molecule has 0 aliphatic heterocycles. The zero-order valence-corrected chi connectivity index (χ0v) is 18.4. The van der Waals surface area contributed by atoms with E-state index in [0.29, 0.717) is 28.5 Å². The third-order valence-electron chi connectivity index (χ3n) is 4.39. The first-order chi connectivity index (χ1) is 14.4. The van der Waals surface area contributed by atoms with Gasteiger partial charge in [0.2, 0.25) is 11.1 Å². The maximum absolute atomic E-state index is 12.1. The highest BCUT2D eigenvalue weighted by atomic mass is 35.5. The van der Waals surface area contributed by atoms with E-state index in [-0.39, 0.29) is 18.3 Å². The Labute approximate surface area is 184 Å². The molecule has 158 valence electrons. The van der Waals surface area contributed by atoms with Gasteiger partial charge in [0.25, 0.3) is 0 Å². The standard InChI is InChI=1S/C21H24ClN5O2S/c1-14(2)16-5-9-18(10-6-16)29-12-19-25-26-21(27(19)23)30-13-20(28)24-11-15-3-7-17(22)8-4-15/h3-10,14H,11-13,23H2,1-2H3,(H,24,28). The summed E-state index contributed by atoms with van der Waals surface area (Å²) in [4.78, 5) is 12.1. The van der Waals surface area contributed by atoms with Gasteiger partial charge in [0, 0.05) is 11.6 Å². The molecule has 0 spiro atoms. The quantitative estimate of drug-likeness (QED) is 0.384. The number of aromatic nitrogens is 3. The van der Waals surface area contributed by atoms with Crippen LogP contribution >= 0.6 is 23.4 Å². The number of nitrogen functional groups attached to an aromatic ring is 1. The lowest BCUT2D eigenvalue weighted by molar-refractivity contribution is -0.118. The third-order valence-corrected chi connectivity index (χ3v) is 5.58. The molecule has 0 aliphatic rings. The molecule has 0 unspecified atom stereocenters. The van der Waals surface area contributed by atoms with Crippen molar-refractivity contribution in [2.24, 2.45) is 0 Å². The summed E-state index contributed by atoms with van der Waals surface area (Å²) in [7, 11) is 0. The van der Waals surface area contributed by atoms with Crippen molar-refractivity contribution in [1.82, 2.24) is 20.2 Å². The van der Waals surface area contributed by atoms with Gasteiger partial charge in [-0.3, -0.25) is 4.79 Å². The van der Waals surface area contributed by atoms with Crippen LogP contribution in [0.4, 0.5) is 0 Å². The number of halogens is 1. The second-order valence-electron chi connectivity index (χ2n) is 6.97. The Morgan fingerprint density at radius 1 is 1.17 bits per heavy atom. The van der Waals surface area contributed by atoms with Crippen LogP contribution in [0.3, 0.4) is 0 Å². The number of nitrogens with one attached hydrogen (secondary N) is 1. The van der Waals surface area contributed by atoms with Crippen molar-refractivity contribution in [1.29, 1.82) is 0 Å². The van der Waals surface area contributed by atoms with Gasteiger partial charge < -0.3 is 15.9 Å². The average Bonchev–Trinajstić information content (AvgIpc) is 3.10. The van der Waals surface area contributed by atoms with E-state index in [0.717, 1.165) is 11.3 Å². The first-order valence-electron chi connectivity index (χ1n) is 9.48. The lowest BCUT2D eigenvalue weighted by Crippen LogP contribution is -2.25. The molecule has 0 radical (unpaired) electrons. The van der Waals surface area contributed by atoms with Gasteiger partial charge in [-0.05, 0) is 41.3 Å². The Bertz CT molecular complexity index is 974. The largest absolute Gasteiger partial charge is 0.486 e. The summed E-state index contributed by atoms with van der Waals surface area (Å²) < 4.78 is 7.09. The summed E-state index contributed by atoms with van der Waals surface area (Å²) in [5.41, 5.74) is 2.22. The van der Waals surface area contributed by atoms with E-state index in [9.17, 15) is 4.79 Å². The molecular formula is C21H24ClN5O2S. The molecule has 0 saturated carbocycles. The van der Waals surface area contributed by atoms with Crippen LogP contribution in [0.25, 0.3) is 0 Å². The number of ether oxygens (including phenoxy) is 1. The van der Waals surface area contributed by atoms with Gasteiger partial charge in [0.05, 0.1) is 5.75 Å². The predicted molar refractivity (Wildman–Crippen MR) is 119 cm³/mol. The molecule has 3 N–H and O–H groups in total. The molecule has 1 aromatic heterocycles. The highest BCUT2D eigenvalue weighted by Gasteiger charge is 2.13. The van der Waals surface area contributed by atoms with Gasteiger partial charge in [-0.25, -0.2) is 4.68 Å². The number of benzene rings is 2. The maximum Gasteiger partial charge on any atom is 0.230 e. The molecular weight excluding hydrogens is 422 g/mol. The second kappa shape index (κ2) is 10.4. The van der Waals surface area contributed by atoms with Crippen LogP contribution in [-0.2, 0) is 17.9 Å². The summed E-state index contributed by atoms with van der Waals surface area (Å²) in [5, 5.41) is 12.1. The van der Waals surface area contributed by atoms with Gasteiger partial charge in [-0.2, -0.15) is 0 Å². The van der Waals surface area contributed by atoms with E-state index in [2.05, 4.69) is 29.4 Å². The molecule has 2 aromatic carbocycles. The zero-order valence-electron chi connectivity index (χ0n) is 16.8. The molecule has 7 nitrogen and oxygen atoms in total. The van der Waals surface area contributed by atoms with Gasteiger partial charge in [0.1, 0.15) is 12.4 Å². The second-order valence-corrected chi connectivity index (χ2v) is 8.35. The number of carbonyl (C=O) groups excluding carboxylic acids is 1. The Balaban J connectivity index is 1.46. The summed E-state index contributed by atoms with van der Waals surface area (Å²) in [6, 6.07) is 15.2. The Morgan fingerprint density at radius 2 is 1.87 bits per heavy atom. The smallest absolute Gasteiger partial charge is 0.230 e. The van der Waals surface area contributed by atoms with Crippen LogP contribution in [0.15, 0.2) is 53.7 Å². The number of carbonyl (C=O) groups is 1. The molecule has 0 atom stereocenters. The van der Waals surface area contributed by atoms with Crippen molar-refractivity contribution in [2.45, 2.75) is 38.1 Å². The van der Waals surface area contributed by atoms with Crippen molar-refractivity contribution in [2.75, 3.05) is 11.6 Å². The Morgan fingerprint density at radius 3 is 2.53 bits per heavy atom. The molecule has 0 aliphatic carbocycles. The first-order valence-corrected chi connectivity index (χ1v) is 10.8. The maximum atomic E-state index is 12.1. The summed E-state index contributed by atoms with van der Waals surface area (Å²) >= 11 is 7.07. The lowest BCUT2D eigenvalue weighted by atomic mass is 10.0. The van der Waals surface area contributed by atoms with Gasteiger partial charge in [0.15, 0.2) is 5.82 Å². The van der Waals surface area contributed by atoms with Crippen LogP contribution < -0.4 is 15.9 Å².